The molecule has 6 rings (SSSR count). The van der Waals surface area contributed by atoms with Crippen LogP contribution in [-0.2, 0) is 26.7 Å². The van der Waals surface area contributed by atoms with Crippen LogP contribution in [-0.4, -0.2) is 45.2 Å². The number of anilines is 1. The normalized spacial score (nSPS) is 32.2. The van der Waals surface area contributed by atoms with Gasteiger partial charge in [0, 0.05) is 35.5 Å². The number of halogens is 1. The zero-order chi connectivity index (χ0) is 31.2. The van der Waals surface area contributed by atoms with Crippen LogP contribution in [0, 0.1) is 23.7 Å². The van der Waals surface area contributed by atoms with Gasteiger partial charge in [-0.1, -0.05) is 36.7 Å². The zero-order valence-electron chi connectivity index (χ0n) is 25.4. The first-order valence-electron chi connectivity index (χ1n) is 15.8. The van der Waals surface area contributed by atoms with E-state index in [0.717, 1.165) is 49.4 Å². The second-order valence-corrected chi connectivity index (χ2v) is 16.0. The lowest BCUT2D eigenvalue weighted by molar-refractivity contribution is -0.118. The molecule has 6 atom stereocenters. The molecule has 44 heavy (non-hydrogen) atoms. The predicted octanol–water partition coefficient (Wildman–Crippen LogP) is 5.38. The topological polar surface area (TPSA) is 119 Å². The number of carbonyl (C=O) groups excluding carboxylic acids is 2. The molecular weight excluding hydrogens is 598 g/mol. The molecule has 1 fully saturated rings. The third-order valence-corrected chi connectivity index (χ3v) is 12.7. The molecule has 2 amide bonds. The van der Waals surface area contributed by atoms with Gasteiger partial charge in [0.2, 0.25) is 15.9 Å². The van der Waals surface area contributed by atoms with Gasteiger partial charge in [-0.15, -0.1) is 0 Å². The van der Waals surface area contributed by atoms with Crippen molar-refractivity contribution in [3.05, 3.63) is 70.3 Å². The Hall–Kier alpha value is -3.04. The van der Waals surface area contributed by atoms with E-state index in [1.54, 1.807) is 25.1 Å². The standard InChI is InChI=1S/C34H42ClN3O5S/c1-21-14-23(15-32(36)39)5-6-24-7-8-27(24)18-38-19-34(13-3-4-25-16-28(35)10-11-29(25)34)20-43-31-12-9-26(17-30(31)38)33(40)37-44(41,42)22(21)2/h5-6,9-12,16-17,21-24,27H,3-4,7-8,13-15,18-20H2,1-2H3,(H2,36,39)(H,37,40)/b6-5+/t21-,22+,23+,24+,27-,34-/m0/s1. The third-order valence-electron chi connectivity index (χ3n) is 10.5. The first-order chi connectivity index (χ1) is 20.9. The number of primary amides is 1. The van der Waals surface area contributed by atoms with Crippen molar-refractivity contribution in [3.63, 3.8) is 0 Å². The van der Waals surface area contributed by atoms with Gasteiger partial charge in [-0.05, 0) is 111 Å². The van der Waals surface area contributed by atoms with Crippen LogP contribution in [0.5, 0.6) is 5.75 Å². The number of hydrogen-bond donors (Lipinski definition) is 2. The van der Waals surface area contributed by atoms with E-state index in [1.807, 2.05) is 13.0 Å². The molecule has 2 aliphatic heterocycles. The van der Waals surface area contributed by atoms with Gasteiger partial charge < -0.3 is 15.4 Å². The number of sulfonamides is 1. The number of nitrogens with two attached hydrogens (primary N) is 1. The number of fused-ring (bicyclic) bond motifs is 4. The van der Waals surface area contributed by atoms with Crippen molar-refractivity contribution in [1.29, 1.82) is 0 Å². The average molecular weight is 640 g/mol. The molecule has 2 aromatic carbocycles. The van der Waals surface area contributed by atoms with E-state index < -0.39 is 27.1 Å². The van der Waals surface area contributed by atoms with Gasteiger partial charge in [-0.2, -0.15) is 0 Å². The Kier molecular flexibility index (Phi) is 8.48. The lowest BCUT2D eigenvalue weighted by atomic mass is 9.69. The molecule has 4 aliphatic rings. The molecule has 2 heterocycles. The van der Waals surface area contributed by atoms with Crippen LogP contribution >= 0.6 is 11.6 Å². The Balaban J connectivity index is 1.41. The summed E-state index contributed by atoms with van der Waals surface area (Å²) in [6.45, 7) is 5.44. The van der Waals surface area contributed by atoms with Gasteiger partial charge in [-0.3, -0.25) is 9.59 Å². The van der Waals surface area contributed by atoms with Crippen LogP contribution in [0.2, 0.25) is 5.02 Å². The molecule has 0 saturated heterocycles. The maximum atomic E-state index is 13.4. The lowest BCUT2D eigenvalue weighted by Crippen LogP contribution is -2.48. The van der Waals surface area contributed by atoms with E-state index in [4.69, 9.17) is 22.1 Å². The van der Waals surface area contributed by atoms with E-state index in [0.29, 0.717) is 37.2 Å². The summed E-state index contributed by atoms with van der Waals surface area (Å²) in [7, 11) is -3.99. The fourth-order valence-electron chi connectivity index (χ4n) is 7.66. The highest BCUT2D eigenvalue weighted by Gasteiger charge is 2.43. The van der Waals surface area contributed by atoms with E-state index in [1.165, 1.54) is 11.1 Å². The highest BCUT2D eigenvalue weighted by Crippen LogP contribution is 2.46. The molecule has 1 saturated carbocycles. The zero-order valence-corrected chi connectivity index (χ0v) is 27.0. The van der Waals surface area contributed by atoms with Crippen LogP contribution in [0.1, 0.15) is 73.9 Å². The summed E-state index contributed by atoms with van der Waals surface area (Å²) < 4.78 is 35.6. The van der Waals surface area contributed by atoms with E-state index >= 15 is 0 Å². The highest BCUT2D eigenvalue weighted by atomic mass is 35.5. The smallest absolute Gasteiger partial charge is 0.264 e. The molecule has 2 aliphatic carbocycles. The summed E-state index contributed by atoms with van der Waals surface area (Å²) >= 11 is 6.40. The molecule has 2 aromatic rings. The number of aryl methyl sites for hydroxylation is 1. The molecule has 10 heteroatoms. The Morgan fingerprint density at radius 3 is 2.73 bits per heavy atom. The Morgan fingerprint density at radius 2 is 1.98 bits per heavy atom. The summed E-state index contributed by atoms with van der Waals surface area (Å²) in [5, 5.41) is -0.114. The number of hydrogen-bond acceptors (Lipinski definition) is 6. The average Bonchev–Trinajstić information content (AvgIpc) is 3.10. The van der Waals surface area contributed by atoms with E-state index in [2.05, 4.69) is 33.9 Å². The van der Waals surface area contributed by atoms with Crippen molar-refractivity contribution in [2.75, 3.05) is 24.6 Å². The largest absolute Gasteiger partial charge is 0.490 e. The second-order valence-electron chi connectivity index (χ2n) is 13.5. The molecule has 0 unspecified atom stereocenters. The molecular formula is C34H42ClN3O5S. The van der Waals surface area contributed by atoms with Gasteiger partial charge in [0.05, 0.1) is 17.5 Å². The maximum absolute atomic E-state index is 13.4. The quantitative estimate of drug-likeness (QED) is 0.426. The van der Waals surface area contributed by atoms with Crippen molar-refractivity contribution < 1.29 is 22.7 Å². The van der Waals surface area contributed by atoms with Gasteiger partial charge in [0.15, 0.2) is 0 Å². The Morgan fingerprint density at radius 1 is 1.16 bits per heavy atom. The number of rotatable bonds is 2. The number of benzene rings is 2. The molecule has 0 radical (unpaired) electrons. The Labute approximate surface area is 265 Å². The van der Waals surface area contributed by atoms with E-state index in [9.17, 15) is 18.0 Å². The van der Waals surface area contributed by atoms with Gasteiger partial charge >= 0.3 is 0 Å². The molecule has 8 nitrogen and oxygen atoms in total. The molecule has 236 valence electrons. The van der Waals surface area contributed by atoms with Gasteiger partial charge in [0.25, 0.3) is 5.91 Å². The number of amides is 2. The highest BCUT2D eigenvalue weighted by molar-refractivity contribution is 7.90. The van der Waals surface area contributed by atoms with Crippen LogP contribution < -0.4 is 20.1 Å². The molecule has 1 spiro atoms. The van der Waals surface area contributed by atoms with Crippen LogP contribution in [0.25, 0.3) is 0 Å². The summed E-state index contributed by atoms with van der Waals surface area (Å²) in [6, 6.07) is 11.4. The summed E-state index contributed by atoms with van der Waals surface area (Å²) in [4.78, 5) is 27.7. The third kappa shape index (κ3) is 6.10. The summed E-state index contributed by atoms with van der Waals surface area (Å²) in [5.41, 5.74) is 8.94. The monoisotopic (exact) mass is 639 g/mol. The number of carbonyl (C=O) groups is 2. The van der Waals surface area contributed by atoms with Crippen molar-refractivity contribution in [1.82, 2.24) is 4.72 Å². The predicted molar refractivity (Wildman–Crippen MR) is 173 cm³/mol. The van der Waals surface area contributed by atoms with Crippen molar-refractivity contribution in [3.8, 4) is 5.75 Å². The maximum Gasteiger partial charge on any atom is 0.264 e. The summed E-state index contributed by atoms with van der Waals surface area (Å²) in [6.07, 6.45) is 10.0. The lowest BCUT2D eigenvalue weighted by Gasteiger charge is -2.44. The van der Waals surface area contributed by atoms with Crippen molar-refractivity contribution >= 4 is 39.1 Å². The van der Waals surface area contributed by atoms with Crippen LogP contribution in [0.3, 0.4) is 0 Å². The van der Waals surface area contributed by atoms with E-state index in [-0.39, 0.29) is 29.2 Å². The SMILES string of the molecule is C[C@@H]1[C@@H](C)C[C@H](CC(N)=O)/C=C/[C@@H]2CC[C@H]2CN2C[C@@]3(CCCc4cc(Cl)ccc43)COc3ccc(cc32)C(=O)NS1(=O)=O. The number of ether oxygens (including phenoxy) is 1. The first kappa shape index (κ1) is 31.0. The molecule has 3 N–H and O–H groups in total. The number of nitrogens with zero attached hydrogens (tertiary/aromatic N) is 1. The minimum Gasteiger partial charge on any atom is -0.490 e. The fourth-order valence-corrected chi connectivity index (χ4v) is 9.14. The minimum atomic E-state index is -3.99. The minimum absolute atomic E-state index is 0.153. The molecule has 2 bridgehead atoms. The van der Waals surface area contributed by atoms with Gasteiger partial charge in [0.1, 0.15) is 5.75 Å². The van der Waals surface area contributed by atoms with Crippen molar-refractivity contribution in [2.24, 2.45) is 29.4 Å². The van der Waals surface area contributed by atoms with Crippen LogP contribution in [0.4, 0.5) is 5.69 Å². The first-order valence-corrected chi connectivity index (χ1v) is 17.7. The van der Waals surface area contributed by atoms with Gasteiger partial charge in [-0.25, -0.2) is 13.1 Å². The Bertz CT molecular complexity index is 1590. The number of nitrogens with one attached hydrogen (secondary N) is 1. The molecule has 0 aromatic heterocycles. The second kappa shape index (κ2) is 12.0. The summed E-state index contributed by atoms with van der Waals surface area (Å²) in [5.74, 6) is -0.139. The van der Waals surface area contributed by atoms with Crippen LogP contribution in [0.15, 0.2) is 48.6 Å². The fraction of sp³-hybridized carbons (Fsp3) is 0.529. The number of allylic oxidation sites excluding steroid dienone is 2. The van der Waals surface area contributed by atoms with Crippen molar-refractivity contribution in [2.45, 2.75) is 69.5 Å².